The van der Waals surface area contributed by atoms with Crippen LogP contribution in [-0.4, -0.2) is 35.9 Å². The molecule has 5 nitrogen and oxygen atoms in total. The smallest absolute Gasteiger partial charge is 0.261 e. The lowest BCUT2D eigenvalue weighted by atomic mass is 10.0. The van der Waals surface area contributed by atoms with E-state index in [1.165, 1.54) is 0 Å². The molecule has 0 radical (unpaired) electrons. The maximum atomic E-state index is 13.6. The van der Waals surface area contributed by atoms with Crippen LogP contribution in [0.1, 0.15) is 30.5 Å². The van der Waals surface area contributed by atoms with E-state index in [1.807, 2.05) is 85.8 Å². The highest BCUT2D eigenvalue weighted by Gasteiger charge is 2.30. The number of carbonyl (C=O) groups is 2. The summed E-state index contributed by atoms with van der Waals surface area (Å²) < 4.78 is 6.91. The molecule has 0 heterocycles. The molecule has 0 fully saturated rings. The van der Waals surface area contributed by atoms with Crippen molar-refractivity contribution >= 4 is 34.4 Å². The zero-order valence-electron chi connectivity index (χ0n) is 20.5. The van der Waals surface area contributed by atoms with E-state index in [-0.39, 0.29) is 18.4 Å². The van der Waals surface area contributed by atoms with Crippen LogP contribution >= 0.6 is 22.6 Å². The van der Waals surface area contributed by atoms with Gasteiger partial charge in [-0.05, 0) is 70.8 Å². The van der Waals surface area contributed by atoms with Crippen LogP contribution in [0.15, 0.2) is 78.9 Å². The van der Waals surface area contributed by atoms with Gasteiger partial charge in [-0.3, -0.25) is 9.59 Å². The lowest BCUT2D eigenvalue weighted by molar-refractivity contribution is -0.142. The van der Waals surface area contributed by atoms with Gasteiger partial charge in [0.1, 0.15) is 11.8 Å². The molecule has 0 unspecified atom stereocenters. The zero-order valence-corrected chi connectivity index (χ0v) is 22.7. The average molecular weight is 584 g/mol. The van der Waals surface area contributed by atoms with E-state index in [1.54, 1.807) is 4.90 Å². The third-order valence-corrected chi connectivity index (χ3v) is 6.29. The van der Waals surface area contributed by atoms with Gasteiger partial charge in [0.15, 0.2) is 6.61 Å². The molecule has 35 heavy (non-hydrogen) atoms. The molecule has 0 aliphatic heterocycles. The highest BCUT2D eigenvalue weighted by Crippen LogP contribution is 2.18. The fourth-order valence-corrected chi connectivity index (χ4v) is 4.10. The first-order chi connectivity index (χ1) is 16.8. The highest BCUT2D eigenvalue weighted by atomic mass is 127. The number of rotatable bonds is 11. The standard InChI is InChI=1S/C29H33IN2O3/c1-21(2)18-31-29(34)27(17-23-9-5-4-6-10-23)32(19-24-11-7-8-22(3)16-24)28(33)20-35-26-14-12-25(30)13-15-26/h4-16,21,27H,17-20H2,1-3H3,(H,31,34)/t27-/m1/s1. The summed E-state index contributed by atoms with van der Waals surface area (Å²) in [6, 6.07) is 24.7. The molecular weight excluding hydrogens is 551 g/mol. The molecule has 1 N–H and O–H groups in total. The number of amides is 2. The maximum absolute atomic E-state index is 13.6. The third kappa shape index (κ3) is 8.69. The summed E-state index contributed by atoms with van der Waals surface area (Å²) in [7, 11) is 0. The quantitative estimate of drug-likeness (QED) is 0.308. The van der Waals surface area contributed by atoms with Crippen molar-refractivity contribution in [1.82, 2.24) is 10.2 Å². The fraction of sp³-hybridized carbons (Fsp3) is 0.310. The van der Waals surface area contributed by atoms with E-state index in [0.717, 1.165) is 20.3 Å². The van der Waals surface area contributed by atoms with Gasteiger partial charge in [-0.2, -0.15) is 0 Å². The van der Waals surface area contributed by atoms with E-state index >= 15 is 0 Å². The highest BCUT2D eigenvalue weighted by molar-refractivity contribution is 14.1. The van der Waals surface area contributed by atoms with Crippen LogP contribution in [-0.2, 0) is 22.6 Å². The van der Waals surface area contributed by atoms with E-state index in [2.05, 4.69) is 41.8 Å². The van der Waals surface area contributed by atoms with Crippen LogP contribution in [0, 0.1) is 16.4 Å². The molecule has 3 aromatic rings. The SMILES string of the molecule is Cc1cccc(CN(C(=O)COc2ccc(I)cc2)[C@H](Cc2ccccc2)C(=O)NCC(C)C)c1. The Morgan fingerprint density at radius 3 is 2.29 bits per heavy atom. The van der Waals surface area contributed by atoms with E-state index in [9.17, 15) is 9.59 Å². The van der Waals surface area contributed by atoms with Gasteiger partial charge in [-0.1, -0.05) is 74.0 Å². The van der Waals surface area contributed by atoms with Crippen LogP contribution in [0.5, 0.6) is 5.75 Å². The molecule has 0 aromatic heterocycles. The molecule has 184 valence electrons. The molecule has 0 spiro atoms. The number of hydrogen-bond donors (Lipinski definition) is 1. The number of carbonyl (C=O) groups excluding carboxylic acids is 2. The molecule has 0 bridgehead atoms. The Balaban J connectivity index is 1.89. The lowest BCUT2D eigenvalue weighted by Gasteiger charge is -2.31. The van der Waals surface area contributed by atoms with Crippen molar-refractivity contribution in [2.24, 2.45) is 5.92 Å². The molecule has 0 saturated heterocycles. The molecular formula is C29H33IN2O3. The molecule has 0 aliphatic carbocycles. The minimum absolute atomic E-state index is 0.144. The first kappa shape index (κ1) is 26.7. The first-order valence-corrected chi connectivity index (χ1v) is 12.9. The van der Waals surface area contributed by atoms with Crippen LogP contribution in [0.2, 0.25) is 0 Å². The predicted octanol–water partition coefficient (Wildman–Crippen LogP) is 5.39. The number of nitrogens with zero attached hydrogens (tertiary/aromatic N) is 1. The normalized spacial score (nSPS) is 11.7. The number of ether oxygens (including phenoxy) is 1. The second-order valence-corrected chi connectivity index (χ2v) is 10.3. The van der Waals surface area contributed by atoms with Crippen molar-refractivity contribution in [3.05, 3.63) is 99.1 Å². The van der Waals surface area contributed by atoms with Crippen LogP contribution < -0.4 is 10.1 Å². The number of halogens is 1. The molecule has 2 amide bonds. The Morgan fingerprint density at radius 1 is 0.943 bits per heavy atom. The number of aryl methyl sites for hydroxylation is 1. The van der Waals surface area contributed by atoms with Gasteiger partial charge in [0.05, 0.1) is 0 Å². The summed E-state index contributed by atoms with van der Waals surface area (Å²) in [6.45, 7) is 6.86. The molecule has 1 atom stereocenters. The van der Waals surface area contributed by atoms with Gasteiger partial charge in [0.2, 0.25) is 5.91 Å². The van der Waals surface area contributed by atoms with Gasteiger partial charge < -0.3 is 15.0 Å². The summed E-state index contributed by atoms with van der Waals surface area (Å²) in [4.78, 5) is 28.6. The third-order valence-electron chi connectivity index (χ3n) is 5.57. The van der Waals surface area contributed by atoms with Gasteiger partial charge in [-0.15, -0.1) is 0 Å². The van der Waals surface area contributed by atoms with E-state index < -0.39 is 6.04 Å². The van der Waals surface area contributed by atoms with Crippen molar-refractivity contribution in [3.63, 3.8) is 0 Å². The Labute approximate surface area is 222 Å². The first-order valence-electron chi connectivity index (χ1n) is 11.9. The van der Waals surface area contributed by atoms with Crippen molar-refractivity contribution in [1.29, 1.82) is 0 Å². The van der Waals surface area contributed by atoms with Crippen LogP contribution in [0.3, 0.4) is 0 Å². The van der Waals surface area contributed by atoms with E-state index in [4.69, 9.17) is 4.74 Å². The second-order valence-electron chi connectivity index (χ2n) is 9.10. The number of nitrogens with one attached hydrogen (secondary N) is 1. The van der Waals surface area contributed by atoms with Crippen molar-refractivity contribution in [3.8, 4) is 5.75 Å². The van der Waals surface area contributed by atoms with Crippen LogP contribution in [0.4, 0.5) is 0 Å². The maximum Gasteiger partial charge on any atom is 0.261 e. The fourth-order valence-electron chi connectivity index (χ4n) is 3.74. The Kier molecular flexibility index (Phi) is 10.1. The summed E-state index contributed by atoms with van der Waals surface area (Å²) in [6.07, 6.45) is 0.422. The number of benzene rings is 3. The summed E-state index contributed by atoms with van der Waals surface area (Å²) in [5.41, 5.74) is 3.08. The Bertz CT molecular complexity index is 1100. The van der Waals surface area contributed by atoms with Crippen molar-refractivity contribution in [2.75, 3.05) is 13.2 Å². The van der Waals surface area contributed by atoms with Gasteiger partial charge >= 0.3 is 0 Å². The van der Waals surface area contributed by atoms with Gasteiger partial charge in [-0.25, -0.2) is 0 Å². The van der Waals surface area contributed by atoms with Gasteiger partial charge in [0.25, 0.3) is 5.91 Å². The minimum Gasteiger partial charge on any atom is -0.484 e. The molecule has 0 aliphatic rings. The van der Waals surface area contributed by atoms with E-state index in [0.29, 0.717) is 31.2 Å². The van der Waals surface area contributed by atoms with Crippen molar-refractivity contribution < 1.29 is 14.3 Å². The molecule has 6 heteroatoms. The average Bonchev–Trinajstić information content (AvgIpc) is 2.85. The predicted molar refractivity (Wildman–Crippen MR) is 148 cm³/mol. The van der Waals surface area contributed by atoms with Gasteiger partial charge in [0, 0.05) is 23.1 Å². The van der Waals surface area contributed by atoms with Crippen molar-refractivity contribution in [2.45, 2.75) is 39.8 Å². The lowest BCUT2D eigenvalue weighted by Crippen LogP contribution is -2.52. The second kappa shape index (κ2) is 13.3. The topological polar surface area (TPSA) is 58.6 Å². The minimum atomic E-state index is -0.663. The Morgan fingerprint density at radius 2 is 1.63 bits per heavy atom. The summed E-state index contributed by atoms with van der Waals surface area (Å²) >= 11 is 2.23. The summed E-state index contributed by atoms with van der Waals surface area (Å²) in [5, 5.41) is 3.04. The zero-order chi connectivity index (χ0) is 25.2. The van der Waals surface area contributed by atoms with Crippen LogP contribution in [0.25, 0.3) is 0 Å². The largest absolute Gasteiger partial charge is 0.484 e. The molecule has 0 saturated carbocycles. The molecule has 3 rings (SSSR count). The Hall–Kier alpha value is -2.87. The molecule has 3 aromatic carbocycles. The number of hydrogen-bond acceptors (Lipinski definition) is 3. The summed E-state index contributed by atoms with van der Waals surface area (Å²) in [5.74, 6) is 0.545. The monoisotopic (exact) mass is 584 g/mol.